The van der Waals surface area contributed by atoms with E-state index in [1.807, 2.05) is 0 Å². The van der Waals surface area contributed by atoms with Crippen molar-refractivity contribution in [2.45, 2.75) is 50.9 Å². The predicted molar refractivity (Wildman–Crippen MR) is 57.0 cm³/mol. The molecule has 1 saturated carbocycles. The predicted octanol–water partition coefficient (Wildman–Crippen LogP) is 4.20. The molecular formula is C10H18F3O2P. The molecule has 0 aromatic heterocycles. The Morgan fingerprint density at radius 3 is 2.25 bits per heavy atom. The van der Waals surface area contributed by atoms with Crippen molar-refractivity contribution in [3.8, 4) is 0 Å². The Morgan fingerprint density at radius 2 is 1.81 bits per heavy atom. The molecule has 1 aliphatic rings. The minimum atomic E-state index is -4.39. The fourth-order valence-electron chi connectivity index (χ4n) is 2.11. The monoisotopic (exact) mass is 258 g/mol. The van der Waals surface area contributed by atoms with Crippen LogP contribution in [-0.4, -0.2) is 24.6 Å². The number of hydrogen-bond acceptors (Lipinski definition) is 2. The van der Waals surface area contributed by atoms with Crippen molar-refractivity contribution in [3.05, 3.63) is 0 Å². The zero-order valence-corrected chi connectivity index (χ0v) is 10.3. The summed E-state index contributed by atoms with van der Waals surface area (Å²) in [5, 5.41) is 0. The van der Waals surface area contributed by atoms with E-state index in [2.05, 4.69) is 0 Å². The van der Waals surface area contributed by atoms with Crippen molar-refractivity contribution < 1.29 is 22.3 Å². The third-order valence-electron chi connectivity index (χ3n) is 3.02. The second-order valence-corrected chi connectivity index (χ2v) is 7.30. The van der Waals surface area contributed by atoms with Crippen LogP contribution >= 0.6 is 7.37 Å². The molecular weight excluding hydrogens is 240 g/mol. The van der Waals surface area contributed by atoms with Crippen LogP contribution in [-0.2, 0) is 9.09 Å². The van der Waals surface area contributed by atoms with Gasteiger partial charge in [-0.1, -0.05) is 26.2 Å². The molecule has 0 aliphatic heterocycles. The largest absolute Gasteiger partial charge is 0.412 e. The molecule has 1 fully saturated rings. The van der Waals surface area contributed by atoms with Gasteiger partial charge in [-0.2, -0.15) is 13.2 Å². The van der Waals surface area contributed by atoms with E-state index in [0.29, 0.717) is 0 Å². The van der Waals surface area contributed by atoms with Crippen LogP contribution in [0.1, 0.15) is 39.0 Å². The second-order valence-electron chi connectivity index (χ2n) is 4.22. The molecule has 2 nitrogen and oxygen atoms in total. The van der Waals surface area contributed by atoms with Crippen molar-refractivity contribution in [3.63, 3.8) is 0 Å². The second kappa shape index (κ2) is 5.54. The van der Waals surface area contributed by atoms with E-state index in [9.17, 15) is 17.7 Å². The van der Waals surface area contributed by atoms with Gasteiger partial charge in [-0.3, -0.25) is 4.57 Å². The molecule has 1 aliphatic carbocycles. The lowest BCUT2D eigenvalue weighted by Gasteiger charge is -2.29. The molecule has 0 amide bonds. The summed E-state index contributed by atoms with van der Waals surface area (Å²) in [5.74, 6) is 0. The van der Waals surface area contributed by atoms with Crippen molar-refractivity contribution in [1.82, 2.24) is 0 Å². The first-order valence-corrected chi connectivity index (χ1v) is 7.55. The van der Waals surface area contributed by atoms with Gasteiger partial charge in [0.15, 0.2) is 0 Å². The first kappa shape index (κ1) is 14.0. The Hall–Kier alpha value is -0.0200. The number of halogens is 3. The standard InChI is InChI=1S/C10H18F3O2P/c1-2-16(14,15-8-10(11,12)13)9-6-4-3-5-7-9/h9H,2-8H2,1H3. The summed E-state index contributed by atoms with van der Waals surface area (Å²) in [6.07, 6.45) is 0.271. The van der Waals surface area contributed by atoms with Crippen molar-refractivity contribution in [1.29, 1.82) is 0 Å². The Kier molecular flexibility index (Phi) is 4.87. The minimum absolute atomic E-state index is 0.159. The van der Waals surface area contributed by atoms with E-state index in [1.54, 1.807) is 6.92 Å². The topological polar surface area (TPSA) is 26.3 Å². The normalized spacial score (nSPS) is 23.0. The zero-order chi connectivity index (χ0) is 12.2. The molecule has 0 spiro atoms. The average Bonchev–Trinajstić information content (AvgIpc) is 2.26. The van der Waals surface area contributed by atoms with E-state index in [0.717, 1.165) is 32.1 Å². The van der Waals surface area contributed by atoms with Gasteiger partial charge in [0.05, 0.1) is 0 Å². The highest BCUT2D eigenvalue weighted by atomic mass is 31.2. The lowest BCUT2D eigenvalue weighted by atomic mass is 10.0. The zero-order valence-electron chi connectivity index (χ0n) is 9.42. The average molecular weight is 258 g/mol. The fraction of sp³-hybridized carbons (Fsp3) is 1.00. The summed E-state index contributed by atoms with van der Waals surface area (Å²) in [5.41, 5.74) is -0.159. The molecule has 0 bridgehead atoms. The molecule has 0 N–H and O–H groups in total. The molecule has 0 saturated heterocycles. The molecule has 0 aromatic carbocycles. The molecule has 6 heteroatoms. The van der Waals surface area contributed by atoms with Gasteiger partial charge in [-0.05, 0) is 12.8 Å². The van der Waals surface area contributed by atoms with Crippen LogP contribution in [0.5, 0.6) is 0 Å². The summed E-state index contributed by atoms with van der Waals surface area (Å²) in [7, 11) is -3.09. The summed E-state index contributed by atoms with van der Waals surface area (Å²) in [6, 6.07) is 0. The number of alkyl halides is 3. The van der Waals surface area contributed by atoms with Gasteiger partial charge < -0.3 is 4.52 Å². The highest BCUT2D eigenvalue weighted by Crippen LogP contribution is 2.56. The summed E-state index contributed by atoms with van der Waals surface area (Å²) in [6.45, 7) is 0.264. The summed E-state index contributed by atoms with van der Waals surface area (Å²) < 4.78 is 53.1. The van der Waals surface area contributed by atoms with Crippen molar-refractivity contribution >= 4 is 7.37 Å². The molecule has 1 atom stereocenters. The SMILES string of the molecule is CCP(=O)(OCC(F)(F)F)C1CCCCC1. The van der Waals surface area contributed by atoms with E-state index in [-0.39, 0.29) is 11.8 Å². The van der Waals surface area contributed by atoms with Gasteiger partial charge in [0.2, 0.25) is 7.37 Å². The smallest absolute Gasteiger partial charge is 0.319 e. The highest BCUT2D eigenvalue weighted by molar-refractivity contribution is 7.59. The van der Waals surface area contributed by atoms with Crippen molar-refractivity contribution in [2.75, 3.05) is 12.8 Å². The van der Waals surface area contributed by atoms with E-state index in [1.165, 1.54) is 0 Å². The maximum Gasteiger partial charge on any atom is 0.412 e. The number of hydrogen-bond donors (Lipinski definition) is 0. The van der Waals surface area contributed by atoms with Crippen LogP contribution in [0.3, 0.4) is 0 Å². The first-order valence-electron chi connectivity index (χ1n) is 5.67. The van der Waals surface area contributed by atoms with Gasteiger partial charge in [-0.25, -0.2) is 0 Å². The van der Waals surface area contributed by atoms with E-state index >= 15 is 0 Å². The molecule has 16 heavy (non-hydrogen) atoms. The Labute approximate surface area is 94.0 Å². The maximum atomic E-state index is 12.3. The van der Waals surface area contributed by atoms with Crippen molar-refractivity contribution in [2.24, 2.45) is 0 Å². The van der Waals surface area contributed by atoms with Crippen LogP contribution in [0, 0.1) is 0 Å². The lowest BCUT2D eigenvalue weighted by Crippen LogP contribution is -2.21. The third kappa shape index (κ3) is 4.10. The van der Waals surface area contributed by atoms with Crippen LogP contribution in [0.4, 0.5) is 13.2 Å². The highest BCUT2D eigenvalue weighted by Gasteiger charge is 2.38. The molecule has 96 valence electrons. The van der Waals surface area contributed by atoms with Gasteiger partial charge >= 0.3 is 6.18 Å². The molecule has 1 unspecified atom stereocenters. The van der Waals surface area contributed by atoms with E-state index < -0.39 is 20.2 Å². The molecule has 0 heterocycles. The third-order valence-corrected chi connectivity index (χ3v) is 6.10. The quantitative estimate of drug-likeness (QED) is 0.706. The Morgan fingerprint density at radius 1 is 1.25 bits per heavy atom. The number of rotatable bonds is 4. The maximum absolute atomic E-state index is 12.3. The fourth-order valence-corrected chi connectivity index (χ4v) is 4.54. The first-order chi connectivity index (χ1) is 7.37. The summed E-state index contributed by atoms with van der Waals surface area (Å²) >= 11 is 0. The molecule has 0 radical (unpaired) electrons. The minimum Gasteiger partial charge on any atom is -0.319 e. The van der Waals surface area contributed by atoms with Crippen LogP contribution < -0.4 is 0 Å². The Bertz CT molecular complexity index is 259. The molecule has 0 aromatic rings. The van der Waals surface area contributed by atoms with Gasteiger partial charge in [0.1, 0.15) is 6.61 Å². The summed E-state index contributed by atoms with van der Waals surface area (Å²) in [4.78, 5) is 0. The van der Waals surface area contributed by atoms with Gasteiger partial charge in [0, 0.05) is 11.8 Å². The van der Waals surface area contributed by atoms with Crippen LogP contribution in [0.15, 0.2) is 0 Å². The molecule has 1 rings (SSSR count). The van der Waals surface area contributed by atoms with Gasteiger partial charge in [0.25, 0.3) is 0 Å². The van der Waals surface area contributed by atoms with Gasteiger partial charge in [-0.15, -0.1) is 0 Å². The van der Waals surface area contributed by atoms with Crippen LogP contribution in [0.2, 0.25) is 0 Å². The van der Waals surface area contributed by atoms with E-state index in [4.69, 9.17) is 4.52 Å². The van der Waals surface area contributed by atoms with Crippen LogP contribution in [0.25, 0.3) is 0 Å². The Balaban J connectivity index is 2.58. The lowest BCUT2D eigenvalue weighted by molar-refractivity contribution is -0.153.